The lowest BCUT2D eigenvalue weighted by molar-refractivity contribution is 0.100. The third-order valence-corrected chi connectivity index (χ3v) is 4.68. The zero-order valence-electron chi connectivity index (χ0n) is 14.6. The van der Waals surface area contributed by atoms with E-state index in [1.54, 1.807) is 42.2 Å². The average molecular weight is 370 g/mol. The highest BCUT2D eigenvalue weighted by Gasteiger charge is 2.31. The highest BCUT2D eigenvalue weighted by Crippen LogP contribution is 2.39. The number of nitrogens with two attached hydrogens (primary N) is 1. The van der Waals surface area contributed by atoms with E-state index >= 15 is 0 Å². The Morgan fingerprint density at radius 3 is 2.42 bits per heavy atom. The van der Waals surface area contributed by atoms with Gasteiger partial charge in [0.15, 0.2) is 0 Å². The Bertz CT molecular complexity index is 893. The number of hydrogen-bond acceptors (Lipinski definition) is 4. The molecule has 0 aromatic heterocycles. The van der Waals surface area contributed by atoms with Crippen molar-refractivity contribution in [1.82, 2.24) is 0 Å². The number of hydrogen-bond donors (Lipinski definition) is 3. The smallest absolute Gasteiger partial charge is 0.248 e. The Morgan fingerprint density at radius 2 is 1.85 bits per heavy atom. The molecule has 0 fully saturated rings. The van der Waals surface area contributed by atoms with E-state index in [4.69, 9.17) is 28.2 Å². The second-order valence-electron chi connectivity index (χ2n) is 6.36. The number of amidine groups is 2. The molecule has 1 amide bonds. The van der Waals surface area contributed by atoms with Gasteiger partial charge < -0.3 is 10.6 Å². The Balaban J connectivity index is 2.25. The number of nitrogens with zero attached hydrogens (tertiary/aromatic N) is 2. The summed E-state index contributed by atoms with van der Waals surface area (Å²) in [6.45, 7) is 4.12. The number of halogens is 1. The molecule has 1 unspecified atom stereocenters. The first kappa shape index (κ1) is 17.9. The monoisotopic (exact) mass is 369 g/mol. The van der Waals surface area contributed by atoms with Gasteiger partial charge in [-0.15, -0.1) is 0 Å². The van der Waals surface area contributed by atoms with Gasteiger partial charge >= 0.3 is 0 Å². The van der Waals surface area contributed by atoms with Crippen molar-refractivity contribution in [3.8, 4) is 0 Å². The SMILES string of the molecule is CC(=N)N1C(=N)C(C)CN(c2ccc(Cl)cc2)c2cc(C(N)=O)ccc21. The second-order valence-corrected chi connectivity index (χ2v) is 6.80. The third-order valence-electron chi connectivity index (χ3n) is 4.43. The minimum Gasteiger partial charge on any atom is -0.366 e. The first-order chi connectivity index (χ1) is 12.3. The fraction of sp³-hybridized carbons (Fsp3) is 0.211. The molecule has 26 heavy (non-hydrogen) atoms. The standard InChI is InChI=1S/C19H20ClN5O/c1-11-10-24(15-6-4-14(20)5-7-15)17-9-13(19(23)26)3-8-16(17)25(12(2)21)18(11)22/h3-9,11,21-22H,10H2,1-2H3,(H2,23,26). The molecular weight excluding hydrogens is 350 g/mol. The number of primary amides is 1. The minimum absolute atomic E-state index is 0.129. The topological polar surface area (TPSA) is 97.3 Å². The van der Waals surface area contributed by atoms with Gasteiger partial charge in [-0.2, -0.15) is 0 Å². The molecule has 134 valence electrons. The number of benzene rings is 2. The van der Waals surface area contributed by atoms with Gasteiger partial charge in [0.2, 0.25) is 5.91 Å². The van der Waals surface area contributed by atoms with Crippen LogP contribution >= 0.6 is 11.6 Å². The molecule has 1 heterocycles. The molecule has 2 aromatic carbocycles. The molecular formula is C19H20ClN5O. The van der Waals surface area contributed by atoms with E-state index in [0.29, 0.717) is 28.7 Å². The average Bonchev–Trinajstić information content (AvgIpc) is 2.70. The fourth-order valence-corrected chi connectivity index (χ4v) is 3.24. The third kappa shape index (κ3) is 3.15. The number of rotatable bonds is 2. The lowest BCUT2D eigenvalue weighted by atomic mass is 10.1. The number of carbonyl (C=O) groups excluding carboxylic acids is 1. The van der Waals surface area contributed by atoms with Crippen LogP contribution < -0.4 is 15.5 Å². The summed E-state index contributed by atoms with van der Waals surface area (Å²) >= 11 is 6.02. The van der Waals surface area contributed by atoms with Crippen LogP contribution in [0.5, 0.6) is 0 Å². The molecule has 0 aliphatic carbocycles. The maximum absolute atomic E-state index is 11.7. The largest absolute Gasteiger partial charge is 0.366 e. The van der Waals surface area contributed by atoms with Gasteiger partial charge in [-0.1, -0.05) is 18.5 Å². The number of amides is 1. The molecule has 1 aliphatic rings. The maximum atomic E-state index is 11.7. The quantitative estimate of drug-likeness (QED) is 0.551. The van der Waals surface area contributed by atoms with Crippen LogP contribution in [-0.4, -0.2) is 24.1 Å². The summed E-state index contributed by atoms with van der Waals surface area (Å²) in [5, 5.41) is 17.3. The number of fused-ring (bicyclic) bond motifs is 1. The molecule has 0 bridgehead atoms. The lowest BCUT2D eigenvalue weighted by Gasteiger charge is -2.27. The summed E-state index contributed by atoms with van der Waals surface area (Å²) in [4.78, 5) is 15.3. The summed E-state index contributed by atoms with van der Waals surface area (Å²) in [6, 6.07) is 12.5. The molecule has 0 spiro atoms. The Morgan fingerprint density at radius 1 is 1.19 bits per heavy atom. The minimum atomic E-state index is -0.519. The summed E-state index contributed by atoms with van der Waals surface area (Å²) < 4.78 is 0. The molecule has 7 heteroatoms. The molecule has 0 radical (unpaired) electrons. The summed E-state index contributed by atoms with van der Waals surface area (Å²) in [5.74, 6) is -0.0697. The summed E-state index contributed by atoms with van der Waals surface area (Å²) in [7, 11) is 0. The molecule has 4 N–H and O–H groups in total. The van der Waals surface area contributed by atoms with Crippen LogP contribution in [-0.2, 0) is 0 Å². The molecule has 0 saturated heterocycles. The highest BCUT2D eigenvalue weighted by atomic mass is 35.5. The first-order valence-corrected chi connectivity index (χ1v) is 8.58. The molecule has 1 atom stereocenters. The van der Waals surface area contributed by atoms with Crippen LogP contribution in [0.4, 0.5) is 17.1 Å². The molecule has 1 aliphatic heterocycles. The summed E-state index contributed by atoms with van der Waals surface area (Å²) in [5.41, 5.74) is 8.14. The molecule has 0 saturated carbocycles. The van der Waals surface area contributed by atoms with E-state index in [0.717, 1.165) is 11.4 Å². The van der Waals surface area contributed by atoms with Crippen molar-refractivity contribution >= 4 is 46.2 Å². The van der Waals surface area contributed by atoms with E-state index in [1.807, 2.05) is 24.0 Å². The maximum Gasteiger partial charge on any atom is 0.248 e. The van der Waals surface area contributed by atoms with Crippen molar-refractivity contribution < 1.29 is 4.79 Å². The van der Waals surface area contributed by atoms with Crippen molar-refractivity contribution in [1.29, 1.82) is 10.8 Å². The first-order valence-electron chi connectivity index (χ1n) is 8.20. The number of carbonyl (C=O) groups is 1. The zero-order chi connectivity index (χ0) is 19.0. The van der Waals surface area contributed by atoms with E-state index in [1.165, 1.54) is 0 Å². The van der Waals surface area contributed by atoms with Crippen LogP contribution in [0, 0.1) is 16.7 Å². The normalized spacial score (nSPS) is 16.9. The molecule has 2 aromatic rings. The van der Waals surface area contributed by atoms with Gasteiger partial charge in [-0.25, -0.2) is 0 Å². The predicted molar refractivity (Wildman–Crippen MR) is 106 cm³/mol. The van der Waals surface area contributed by atoms with Crippen LogP contribution in [0.25, 0.3) is 0 Å². The van der Waals surface area contributed by atoms with Crippen molar-refractivity contribution in [2.45, 2.75) is 13.8 Å². The fourth-order valence-electron chi connectivity index (χ4n) is 3.12. The Labute approximate surface area is 157 Å². The highest BCUT2D eigenvalue weighted by molar-refractivity contribution is 6.30. The van der Waals surface area contributed by atoms with Crippen molar-refractivity contribution in [3.05, 3.63) is 53.1 Å². The Hall–Kier alpha value is -2.86. The van der Waals surface area contributed by atoms with Gasteiger partial charge in [-0.3, -0.25) is 20.5 Å². The second kappa shape index (κ2) is 6.80. The van der Waals surface area contributed by atoms with E-state index < -0.39 is 5.91 Å². The number of anilines is 3. The van der Waals surface area contributed by atoms with Crippen LogP contribution in [0.1, 0.15) is 24.2 Å². The van der Waals surface area contributed by atoms with Crippen LogP contribution in [0.3, 0.4) is 0 Å². The van der Waals surface area contributed by atoms with Crippen LogP contribution in [0.2, 0.25) is 5.02 Å². The zero-order valence-corrected chi connectivity index (χ0v) is 15.3. The predicted octanol–water partition coefficient (Wildman–Crippen LogP) is 4.01. The summed E-state index contributed by atoms with van der Waals surface area (Å²) in [6.07, 6.45) is 0. The van der Waals surface area contributed by atoms with Gasteiger partial charge in [0.05, 0.1) is 11.4 Å². The van der Waals surface area contributed by atoms with E-state index in [9.17, 15) is 4.79 Å². The van der Waals surface area contributed by atoms with Crippen molar-refractivity contribution in [2.75, 3.05) is 16.3 Å². The lowest BCUT2D eigenvalue weighted by Crippen LogP contribution is -2.38. The Kier molecular flexibility index (Phi) is 4.70. The van der Waals surface area contributed by atoms with Gasteiger partial charge in [0.1, 0.15) is 11.7 Å². The van der Waals surface area contributed by atoms with E-state index in [-0.39, 0.29) is 11.8 Å². The van der Waals surface area contributed by atoms with Crippen LogP contribution in [0.15, 0.2) is 42.5 Å². The van der Waals surface area contributed by atoms with Gasteiger partial charge in [-0.05, 0) is 49.4 Å². The number of nitrogens with one attached hydrogen (secondary N) is 2. The molecule has 6 nitrogen and oxygen atoms in total. The van der Waals surface area contributed by atoms with Gasteiger partial charge in [0, 0.05) is 28.7 Å². The van der Waals surface area contributed by atoms with Gasteiger partial charge in [0.25, 0.3) is 0 Å². The van der Waals surface area contributed by atoms with E-state index in [2.05, 4.69) is 0 Å². The molecule has 3 rings (SSSR count). The van der Waals surface area contributed by atoms with Crippen molar-refractivity contribution in [3.63, 3.8) is 0 Å². The van der Waals surface area contributed by atoms with Crippen molar-refractivity contribution in [2.24, 2.45) is 11.7 Å².